The van der Waals surface area contributed by atoms with E-state index in [1.165, 1.54) is 6.92 Å². The monoisotopic (exact) mass is 176 g/mol. The van der Waals surface area contributed by atoms with Gasteiger partial charge in [-0.15, -0.1) is 0 Å². The van der Waals surface area contributed by atoms with Crippen LogP contribution in [-0.4, -0.2) is 35.5 Å². The second kappa shape index (κ2) is 12.9. The number of carbonyl (C=O) groups excluding carboxylic acids is 2. The van der Waals surface area contributed by atoms with Gasteiger partial charge in [0.25, 0.3) is 0 Å². The number of ketones is 1. The summed E-state index contributed by atoms with van der Waals surface area (Å²) < 4.78 is 0. The van der Waals surface area contributed by atoms with Crippen molar-refractivity contribution in [1.82, 2.24) is 0 Å². The van der Waals surface area contributed by atoms with Gasteiger partial charge in [0, 0.05) is 13.2 Å². The van der Waals surface area contributed by atoms with Crippen LogP contribution < -0.4 is 0 Å². The second-order valence-corrected chi connectivity index (χ2v) is 2.23. The number of hydrogen-bond acceptors (Lipinski definition) is 4. The molecule has 0 aliphatic carbocycles. The molecule has 4 heteroatoms. The van der Waals surface area contributed by atoms with Gasteiger partial charge in [-0.1, -0.05) is 0 Å². The van der Waals surface area contributed by atoms with Crippen molar-refractivity contribution in [3.8, 4) is 0 Å². The molecule has 0 aromatic rings. The molecule has 72 valence electrons. The van der Waals surface area contributed by atoms with Crippen LogP contribution in [0.3, 0.4) is 0 Å². The van der Waals surface area contributed by atoms with Gasteiger partial charge < -0.3 is 15.0 Å². The van der Waals surface area contributed by atoms with Crippen molar-refractivity contribution in [2.75, 3.05) is 13.2 Å². The van der Waals surface area contributed by atoms with Gasteiger partial charge in [0.05, 0.1) is 6.42 Å². The second-order valence-electron chi connectivity index (χ2n) is 2.23. The van der Waals surface area contributed by atoms with Gasteiger partial charge in [-0.05, 0) is 19.8 Å². The molecular formula is C8H16O4. The molecule has 0 atom stereocenters. The van der Waals surface area contributed by atoms with Gasteiger partial charge in [0.2, 0.25) is 0 Å². The Balaban J connectivity index is 0. The van der Waals surface area contributed by atoms with E-state index < -0.39 is 0 Å². The summed E-state index contributed by atoms with van der Waals surface area (Å²) in [6, 6.07) is 0. The summed E-state index contributed by atoms with van der Waals surface area (Å²) in [5, 5.41) is 16.2. The first-order valence-corrected chi connectivity index (χ1v) is 3.83. The Labute approximate surface area is 72.2 Å². The van der Waals surface area contributed by atoms with Crippen LogP contribution in [0.15, 0.2) is 0 Å². The molecule has 0 rings (SSSR count). The molecule has 4 nitrogen and oxygen atoms in total. The quantitative estimate of drug-likeness (QED) is 0.349. The lowest BCUT2D eigenvalue weighted by molar-refractivity contribution is -0.120. The lowest BCUT2D eigenvalue weighted by Crippen LogP contribution is -1.87. The fourth-order valence-electron chi connectivity index (χ4n) is 0.341. The molecule has 0 aromatic heterocycles. The average molecular weight is 176 g/mol. The van der Waals surface area contributed by atoms with Gasteiger partial charge in [-0.3, -0.25) is 4.79 Å². The normalized spacial score (nSPS) is 8.25. The first kappa shape index (κ1) is 13.8. The lowest BCUT2D eigenvalue weighted by Gasteiger charge is -1.85. The van der Waals surface area contributed by atoms with Crippen LogP contribution in [0.5, 0.6) is 0 Å². The van der Waals surface area contributed by atoms with Crippen molar-refractivity contribution < 1.29 is 19.8 Å². The number of unbranched alkanes of at least 4 members (excludes halogenated alkanes) is 1. The Bertz CT molecular complexity index is 108. The predicted octanol–water partition coefficient (Wildman–Crippen LogP) is -0.0844. The molecule has 0 unspecified atom stereocenters. The van der Waals surface area contributed by atoms with Crippen LogP contribution >= 0.6 is 0 Å². The van der Waals surface area contributed by atoms with Gasteiger partial charge in [-0.2, -0.15) is 0 Å². The molecule has 0 saturated heterocycles. The summed E-state index contributed by atoms with van der Waals surface area (Å²) in [5.74, 6) is -0.0787. The van der Waals surface area contributed by atoms with E-state index in [1.807, 2.05) is 0 Å². The molecule has 0 saturated carbocycles. The molecule has 0 amide bonds. The first-order valence-electron chi connectivity index (χ1n) is 3.83. The maximum Gasteiger partial charge on any atom is 0.136 e. The molecule has 0 aromatic carbocycles. The molecule has 2 N–H and O–H groups in total. The Morgan fingerprint density at radius 3 is 1.75 bits per heavy atom. The maximum atomic E-state index is 9.81. The van der Waals surface area contributed by atoms with Crippen LogP contribution in [0.4, 0.5) is 0 Å². The molecule has 12 heavy (non-hydrogen) atoms. The SMILES string of the molecule is CC(=O)CC=O.OCCCCO. The van der Waals surface area contributed by atoms with Gasteiger partial charge in [0.15, 0.2) is 0 Å². The Kier molecular flexibility index (Phi) is 14.9. The van der Waals surface area contributed by atoms with Crippen molar-refractivity contribution in [3.63, 3.8) is 0 Å². The smallest absolute Gasteiger partial charge is 0.136 e. The number of rotatable bonds is 5. The molecular weight excluding hydrogens is 160 g/mol. The van der Waals surface area contributed by atoms with Crippen molar-refractivity contribution in [2.24, 2.45) is 0 Å². The zero-order valence-electron chi connectivity index (χ0n) is 7.32. The predicted molar refractivity (Wildman–Crippen MR) is 44.8 cm³/mol. The highest BCUT2D eigenvalue weighted by Gasteiger charge is 1.83. The minimum atomic E-state index is -0.0787. The Morgan fingerprint density at radius 1 is 1.25 bits per heavy atom. The van der Waals surface area contributed by atoms with E-state index in [0.717, 1.165) is 12.8 Å². The van der Waals surface area contributed by atoms with Crippen molar-refractivity contribution in [3.05, 3.63) is 0 Å². The van der Waals surface area contributed by atoms with E-state index in [0.29, 0.717) is 6.29 Å². The standard InChI is InChI=1S/C4H6O2.C4H10O2/c1-4(6)2-3-5;5-3-1-2-4-6/h3H,2H2,1H3;5-6H,1-4H2. The zero-order valence-corrected chi connectivity index (χ0v) is 7.32. The topological polar surface area (TPSA) is 74.6 Å². The number of Topliss-reactive ketones (excluding diaryl/α,β-unsaturated/α-hetero) is 1. The van der Waals surface area contributed by atoms with Crippen molar-refractivity contribution in [2.45, 2.75) is 26.2 Å². The number of aliphatic hydroxyl groups is 2. The highest BCUT2D eigenvalue weighted by Crippen LogP contribution is 1.80. The van der Waals surface area contributed by atoms with E-state index in [9.17, 15) is 9.59 Å². The van der Waals surface area contributed by atoms with Crippen LogP contribution in [0, 0.1) is 0 Å². The number of aldehydes is 1. The minimum Gasteiger partial charge on any atom is -0.396 e. The summed E-state index contributed by atoms with van der Waals surface area (Å²) in [6.07, 6.45) is 2.09. The fourth-order valence-corrected chi connectivity index (χ4v) is 0.341. The van der Waals surface area contributed by atoms with E-state index in [2.05, 4.69) is 0 Å². The van der Waals surface area contributed by atoms with Gasteiger partial charge in [0.1, 0.15) is 12.1 Å². The molecule has 0 bridgehead atoms. The third-order valence-corrected chi connectivity index (χ3v) is 0.937. The largest absolute Gasteiger partial charge is 0.396 e. The maximum absolute atomic E-state index is 9.81. The average Bonchev–Trinajstić information content (AvgIpc) is 2.02. The third kappa shape index (κ3) is 22.8. The summed E-state index contributed by atoms with van der Waals surface area (Å²) in [6.45, 7) is 1.77. The van der Waals surface area contributed by atoms with Gasteiger partial charge >= 0.3 is 0 Å². The Hall–Kier alpha value is -0.740. The number of carbonyl (C=O) groups is 2. The van der Waals surface area contributed by atoms with Crippen LogP contribution in [-0.2, 0) is 9.59 Å². The van der Waals surface area contributed by atoms with E-state index in [4.69, 9.17) is 10.2 Å². The van der Waals surface area contributed by atoms with E-state index in [-0.39, 0.29) is 25.4 Å². The summed E-state index contributed by atoms with van der Waals surface area (Å²) >= 11 is 0. The highest BCUT2D eigenvalue weighted by atomic mass is 16.3. The van der Waals surface area contributed by atoms with Gasteiger partial charge in [-0.25, -0.2) is 0 Å². The molecule has 0 heterocycles. The number of aliphatic hydroxyl groups excluding tert-OH is 2. The molecule has 0 radical (unpaired) electrons. The number of hydrogen-bond donors (Lipinski definition) is 2. The van der Waals surface area contributed by atoms with E-state index in [1.54, 1.807) is 0 Å². The minimum absolute atomic E-state index is 0.0556. The molecule has 0 fully saturated rings. The fraction of sp³-hybridized carbons (Fsp3) is 0.750. The van der Waals surface area contributed by atoms with E-state index >= 15 is 0 Å². The van der Waals surface area contributed by atoms with Crippen molar-refractivity contribution >= 4 is 12.1 Å². The first-order chi connectivity index (χ1) is 5.68. The summed E-state index contributed by atoms with van der Waals surface area (Å²) in [7, 11) is 0. The lowest BCUT2D eigenvalue weighted by atomic mass is 10.3. The molecule has 0 spiro atoms. The summed E-state index contributed by atoms with van der Waals surface area (Å²) in [4.78, 5) is 19.2. The third-order valence-electron chi connectivity index (χ3n) is 0.937. The summed E-state index contributed by atoms with van der Waals surface area (Å²) in [5.41, 5.74) is 0. The molecule has 0 aliphatic heterocycles. The highest BCUT2D eigenvalue weighted by molar-refractivity contribution is 5.87. The van der Waals surface area contributed by atoms with Crippen LogP contribution in [0.1, 0.15) is 26.2 Å². The van der Waals surface area contributed by atoms with Crippen molar-refractivity contribution in [1.29, 1.82) is 0 Å². The van der Waals surface area contributed by atoms with Crippen LogP contribution in [0.2, 0.25) is 0 Å². The zero-order chi connectivity index (χ0) is 9.82. The van der Waals surface area contributed by atoms with Crippen LogP contribution in [0.25, 0.3) is 0 Å². The Morgan fingerprint density at radius 2 is 1.67 bits per heavy atom. The molecule has 0 aliphatic rings.